The molecule has 0 saturated heterocycles. The zero-order chi connectivity index (χ0) is 14.5. The number of hydrogen-bond acceptors (Lipinski definition) is 3. The van der Waals surface area contributed by atoms with Crippen molar-refractivity contribution in [2.24, 2.45) is 5.73 Å². The van der Waals surface area contributed by atoms with Gasteiger partial charge in [0.25, 0.3) is 0 Å². The maximum absolute atomic E-state index is 13.5. The first-order valence-electron chi connectivity index (χ1n) is 6.21. The van der Waals surface area contributed by atoms with Crippen LogP contribution in [0, 0.1) is 5.82 Å². The molecule has 1 amide bonds. The standard InChI is InChI=1S/C14H21FN2O2/c1-14(2,9-16)17-13(18)7-5-10-4-6-12(19-3)11(15)8-10/h4,6,8H,5,7,9,16H2,1-3H3,(H,17,18). The van der Waals surface area contributed by atoms with Crippen LogP contribution in [0.4, 0.5) is 4.39 Å². The number of methoxy groups -OCH3 is 1. The summed E-state index contributed by atoms with van der Waals surface area (Å²) in [7, 11) is 1.42. The maximum atomic E-state index is 13.5. The summed E-state index contributed by atoms with van der Waals surface area (Å²) >= 11 is 0. The van der Waals surface area contributed by atoms with Gasteiger partial charge >= 0.3 is 0 Å². The fourth-order valence-electron chi connectivity index (χ4n) is 1.61. The highest BCUT2D eigenvalue weighted by Gasteiger charge is 2.17. The van der Waals surface area contributed by atoms with Gasteiger partial charge in [0.1, 0.15) is 0 Å². The molecule has 1 aromatic carbocycles. The molecule has 0 spiro atoms. The molecule has 19 heavy (non-hydrogen) atoms. The van der Waals surface area contributed by atoms with Crippen molar-refractivity contribution in [1.82, 2.24) is 5.32 Å². The van der Waals surface area contributed by atoms with E-state index in [4.69, 9.17) is 10.5 Å². The molecule has 0 aliphatic carbocycles. The van der Waals surface area contributed by atoms with Crippen molar-refractivity contribution in [3.8, 4) is 5.75 Å². The van der Waals surface area contributed by atoms with Crippen LogP contribution in [0.2, 0.25) is 0 Å². The number of nitrogens with one attached hydrogen (secondary N) is 1. The molecule has 4 nitrogen and oxygen atoms in total. The van der Waals surface area contributed by atoms with Crippen molar-refractivity contribution in [3.05, 3.63) is 29.6 Å². The van der Waals surface area contributed by atoms with E-state index in [9.17, 15) is 9.18 Å². The topological polar surface area (TPSA) is 64.3 Å². The van der Waals surface area contributed by atoms with Crippen molar-refractivity contribution in [2.45, 2.75) is 32.2 Å². The second-order valence-corrected chi connectivity index (χ2v) is 5.11. The molecular formula is C14H21FN2O2. The number of hydrogen-bond donors (Lipinski definition) is 2. The number of nitrogens with two attached hydrogens (primary N) is 1. The van der Waals surface area contributed by atoms with E-state index in [-0.39, 0.29) is 11.7 Å². The Labute approximate surface area is 113 Å². The van der Waals surface area contributed by atoms with Crippen molar-refractivity contribution in [3.63, 3.8) is 0 Å². The number of benzene rings is 1. The van der Waals surface area contributed by atoms with E-state index < -0.39 is 11.4 Å². The molecule has 0 radical (unpaired) electrons. The van der Waals surface area contributed by atoms with Gasteiger partial charge in [-0.25, -0.2) is 4.39 Å². The molecule has 0 bridgehead atoms. The molecule has 5 heteroatoms. The Morgan fingerprint density at radius 2 is 2.16 bits per heavy atom. The second-order valence-electron chi connectivity index (χ2n) is 5.11. The Morgan fingerprint density at radius 1 is 1.47 bits per heavy atom. The van der Waals surface area contributed by atoms with Gasteiger partial charge in [-0.1, -0.05) is 6.07 Å². The van der Waals surface area contributed by atoms with Crippen molar-refractivity contribution >= 4 is 5.91 Å². The zero-order valence-electron chi connectivity index (χ0n) is 11.6. The summed E-state index contributed by atoms with van der Waals surface area (Å²) < 4.78 is 18.3. The predicted molar refractivity (Wildman–Crippen MR) is 72.5 cm³/mol. The smallest absolute Gasteiger partial charge is 0.220 e. The molecule has 1 aromatic rings. The van der Waals surface area contributed by atoms with Crippen molar-refractivity contribution in [2.75, 3.05) is 13.7 Å². The highest BCUT2D eigenvalue weighted by atomic mass is 19.1. The zero-order valence-corrected chi connectivity index (χ0v) is 11.6. The average molecular weight is 268 g/mol. The van der Waals surface area contributed by atoms with Crippen LogP contribution in [0.15, 0.2) is 18.2 Å². The second kappa shape index (κ2) is 6.52. The first kappa shape index (κ1) is 15.4. The van der Waals surface area contributed by atoms with Gasteiger partial charge in [0.15, 0.2) is 11.6 Å². The number of aryl methyl sites for hydroxylation is 1. The number of rotatable bonds is 6. The lowest BCUT2D eigenvalue weighted by atomic mass is 10.0. The fraction of sp³-hybridized carbons (Fsp3) is 0.500. The minimum atomic E-state index is -0.414. The highest BCUT2D eigenvalue weighted by molar-refractivity contribution is 5.77. The lowest BCUT2D eigenvalue weighted by Crippen LogP contribution is -2.48. The molecule has 0 aromatic heterocycles. The van der Waals surface area contributed by atoms with Crippen LogP contribution in [0.25, 0.3) is 0 Å². The fourth-order valence-corrected chi connectivity index (χ4v) is 1.61. The molecule has 0 atom stereocenters. The maximum Gasteiger partial charge on any atom is 0.220 e. The molecule has 0 aliphatic heterocycles. The van der Waals surface area contributed by atoms with E-state index in [1.807, 2.05) is 13.8 Å². The number of halogens is 1. The Kier molecular flexibility index (Phi) is 5.30. The summed E-state index contributed by atoms with van der Waals surface area (Å²) in [5, 5.41) is 2.83. The number of ether oxygens (including phenoxy) is 1. The molecule has 1 rings (SSSR count). The Balaban J connectivity index is 2.53. The summed E-state index contributed by atoms with van der Waals surface area (Å²) in [4.78, 5) is 11.7. The van der Waals surface area contributed by atoms with Crippen LogP contribution >= 0.6 is 0 Å². The molecular weight excluding hydrogens is 247 g/mol. The van der Waals surface area contributed by atoms with Gasteiger partial charge in [-0.05, 0) is 38.0 Å². The van der Waals surface area contributed by atoms with Crippen molar-refractivity contribution in [1.29, 1.82) is 0 Å². The first-order chi connectivity index (χ1) is 8.88. The number of carbonyl (C=O) groups excluding carboxylic acids is 1. The molecule has 0 unspecified atom stereocenters. The first-order valence-corrected chi connectivity index (χ1v) is 6.21. The quantitative estimate of drug-likeness (QED) is 0.824. The van der Waals surface area contributed by atoms with Gasteiger partial charge in [-0.15, -0.1) is 0 Å². The van der Waals surface area contributed by atoms with Gasteiger partial charge < -0.3 is 15.8 Å². The van der Waals surface area contributed by atoms with E-state index >= 15 is 0 Å². The van der Waals surface area contributed by atoms with Gasteiger partial charge in [-0.2, -0.15) is 0 Å². The van der Waals surface area contributed by atoms with Gasteiger partial charge in [0.05, 0.1) is 7.11 Å². The highest BCUT2D eigenvalue weighted by Crippen LogP contribution is 2.18. The summed E-state index contributed by atoms with van der Waals surface area (Å²) in [6, 6.07) is 4.70. The summed E-state index contributed by atoms with van der Waals surface area (Å²) in [5.74, 6) is -0.299. The summed E-state index contributed by atoms with van der Waals surface area (Å²) in [5.41, 5.74) is 5.88. The lowest BCUT2D eigenvalue weighted by Gasteiger charge is -2.24. The van der Waals surface area contributed by atoms with E-state index in [2.05, 4.69) is 5.32 Å². The van der Waals surface area contributed by atoms with Gasteiger partial charge in [-0.3, -0.25) is 4.79 Å². The molecule has 0 heterocycles. The van der Waals surface area contributed by atoms with E-state index in [1.165, 1.54) is 13.2 Å². The Hall–Kier alpha value is -1.62. The monoisotopic (exact) mass is 268 g/mol. The van der Waals surface area contributed by atoms with Crippen LogP contribution < -0.4 is 15.8 Å². The number of amides is 1. The minimum Gasteiger partial charge on any atom is -0.494 e. The third kappa shape index (κ3) is 4.87. The van der Waals surface area contributed by atoms with Gasteiger partial charge in [0.2, 0.25) is 5.91 Å². The van der Waals surface area contributed by atoms with Crippen LogP contribution in [-0.2, 0) is 11.2 Å². The lowest BCUT2D eigenvalue weighted by molar-refractivity contribution is -0.122. The Morgan fingerprint density at radius 3 is 2.68 bits per heavy atom. The van der Waals surface area contributed by atoms with E-state index in [0.29, 0.717) is 19.4 Å². The normalized spacial score (nSPS) is 11.2. The largest absolute Gasteiger partial charge is 0.494 e. The molecule has 0 aliphatic rings. The minimum absolute atomic E-state index is 0.0910. The van der Waals surface area contributed by atoms with Crippen molar-refractivity contribution < 1.29 is 13.9 Å². The number of carbonyl (C=O) groups is 1. The molecule has 0 saturated carbocycles. The van der Waals surface area contributed by atoms with E-state index in [1.54, 1.807) is 12.1 Å². The van der Waals surface area contributed by atoms with Crippen LogP contribution in [0.1, 0.15) is 25.8 Å². The van der Waals surface area contributed by atoms with Crippen LogP contribution in [0.3, 0.4) is 0 Å². The van der Waals surface area contributed by atoms with Crippen LogP contribution in [0.5, 0.6) is 5.75 Å². The third-order valence-electron chi connectivity index (χ3n) is 2.85. The molecule has 0 fully saturated rings. The predicted octanol–water partition coefficient (Wildman–Crippen LogP) is 1.62. The summed E-state index contributed by atoms with van der Waals surface area (Å²) in [6.07, 6.45) is 0.780. The Bertz CT molecular complexity index is 447. The SMILES string of the molecule is COc1ccc(CCC(=O)NC(C)(C)CN)cc1F. The molecule has 106 valence electrons. The van der Waals surface area contributed by atoms with Gasteiger partial charge in [0, 0.05) is 18.5 Å². The van der Waals surface area contributed by atoms with Crippen LogP contribution in [-0.4, -0.2) is 25.1 Å². The summed E-state index contributed by atoms with van der Waals surface area (Å²) in [6.45, 7) is 4.09. The average Bonchev–Trinajstić information content (AvgIpc) is 2.36. The molecule has 3 N–H and O–H groups in total. The third-order valence-corrected chi connectivity index (χ3v) is 2.85. The van der Waals surface area contributed by atoms with E-state index in [0.717, 1.165) is 5.56 Å².